The van der Waals surface area contributed by atoms with Gasteiger partial charge in [0.1, 0.15) is 0 Å². The van der Waals surface area contributed by atoms with E-state index in [-0.39, 0.29) is 5.91 Å². The molecule has 0 bridgehead atoms. The molecule has 0 atom stereocenters. The van der Waals surface area contributed by atoms with Crippen LogP contribution in [0.1, 0.15) is 15.2 Å². The van der Waals surface area contributed by atoms with Crippen LogP contribution in [0.25, 0.3) is 0 Å². The van der Waals surface area contributed by atoms with Crippen LogP contribution in [0.3, 0.4) is 0 Å². The highest BCUT2D eigenvalue weighted by molar-refractivity contribution is 9.11. The molecular formula is C14H15BrN2OS. The van der Waals surface area contributed by atoms with Gasteiger partial charge in [-0.15, -0.1) is 11.3 Å². The Morgan fingerprint density at radius 2 is 1.89 bits per heavy atom. The van der Waals surface area contributed by atoms with Gasteiger partial charge >= 0.3 is 0 Å². The van der Waals surface area contributed by atoms with E-state index in [2.05, 4.69) is 21.2 Å². The van der Waals surface area contributed by atoms with Gasteiger partial charge in [0.25, 0.3) is 5.91 Å². The summed E-state index contributed by atoms with van der Waals surface area (Å²) in [5, 5.41) is 2.90. The first kappa shape index (κ1) is 14.1. The average Bonchev–Trinajstić information content (AvgIpc) is 2.70. The molecule has 0 aliphatic carbocycles. The average molecular weight is 339 g/mol. The molecule has 1 amide bonds. The van der Waals surface area contributed by atoms with Crippen molar-refractivity contribution in [1.29, 1.82) is 0 Å². The third-order valence-corrected chi connectivity index (χ3v) is 4.86. The smallest absolute Gasteiger partial charge is 0.265 e. The first-order valence-electron chi connectivity index (χ1n) is 5.82. The van der Waals surface area contributed by atoms with E-state index in [1.807, 2.05) is 56.3 Å². The zero-order valence-corrected chi connectivity index (χ0v) is 13.4. The number of carbonyl (C=O) groups excluding carboxylic acids is 1. The summed E-state index contributed by atoms with van der Waals surface area (Å²) in [5.74, 6) is -0.0728. The molecule has 0 fully saturated rings. The molecule has 1 N–H and O–H groups in total. The molecule has 0 aliphatic rings. The lowest BCUT2D eigenvalue weighted by atomic mass is 10.2. The molecule has 0 aliphatic heterocycles. The highest BCUT2D eigenvalue weighted by atomic mass is 79.9. The molecule has 100 valence electrons. The standard InChI is InChI=1S/C14H15BrN2OS/c1-9-8-12(19-13(9)15)14(18)16-10-4-6-11(7-5-10)17(2)3/h4-8H,1-3H3,(H,16,18). The number of hydrogen-bond donors (Lipinski definition) is 1. The van der Waals surface area contributed by atoms with Gasteiger partial charge in [-0.05, 0) is 58.7 Å². The van der Waals surface area contributed by atoms with Gasteiger partial charge in [0.2, 0.25) is 0 Å². The summed E-state index contributed by atoms with van der Waals surface area (Å²) < 4.78 is 1.00. The first-order valence-corrected chi connectivity index (χ1v) is 7.43. The molecule has 2 rings (SSSR count). The Balaban J connectivity index is 2.10. The summed E-state index contributed by atoms with van der Waals surface area (Å²) in [7, 11) is 3.97. The van der Waals surface area contributed by atoms with Crippen LogP contribution < -0.4 is 10.2 Å². The monoisotopic (exact) mass is 338 g/mol. The van der Waals surface area contributed by atoms with Crippen molar-refractivity contribution in [2.24, 2.45) is 0 Å². The zero-order chi connectivity index (χ0) is 14.0. The van der Waals surface area contributed by atoms with Gasteiger partial charge in [-0.3, -0.25) is 4.79 Å². The quantitative estimate of drug-likeness (QED) is 0.912. The molecule has 1 heterocycles. The molecule has 1 aromatic heterocycles. The van der Waals surface area contributed by atoms with Crippen LogP contribution in [-0.4, -0.2) is 20.0 Å². The lowest BCUT2D eigenvalue weighted by Crippen LogP contribution is -2.11. The van der Waals surface area contributed by atoms with E-state index >= 15 is 0 Å². The lowest BCUT2D eigenvalue weighted by Gasteiger charge is -2.12. The van der Waals surface area contributed by atoms with E-state index in [0.29, 0.717) is 4.88 Å². The molecule has 19 heavy (non-hydrogen) atoms. The Morgan fingerprint density at radius 1 is 1.26 bits per heavy atom. The second-order valence-electron chi connectivity index (χ2n) is 4.46. The van der Waals surface area contributed by atoms with E-state index < -0.39 is 0 Å². The Hall–Kier alpha value is -1.33. The predicted octanol–water partition coefficient (Wildman–Crippen LogP) is 4.14. The Morgan fingerprint density at radius 3 is 2.37 bits per heavy atom. The Labute approximate surface area is 125 Å². The molecular weight excluding hydrogens is 324 g/mol. The highest BCUT2D eigenvalue weighted by Gasteiger charge is 2.11. The molecule has 0 saturated heterocycles. The van der Waals surface area contributed by atoms with Crippen molar-refractivity contribution in [2.75, 3.05) is 24.3 Å². The van der Waals surface area contributed by atoms with Gasteiger partial charge in [-0.2, -0.15) is 0 Å². The van der Waals surface area contributed by atoms with Crippen molar-refractivity contribution in [2.45, 2.75) is 6.92 Å². The topological polar surface area (TPSA) is 32.3 Å². The summed E-state index contributed by atoms with van der Waals surface area (Å²) in [5.41, 5.74) is 2.99. The van der Waals surface area contributed by atoms with Crippen molar-refractivity contribution in [1.82, 2.24) is 0 Å². The van der Waals surface area contributed by atoms with Crippen molar-refractivity contribution in [3.63, 3.8) is 0 Å². The molecule has 0 radical (unpaired) electrons. The number of anilines is 2. The van der Waals surface area contributed by atoms with Crippen LogP contribution in [0.5, 0.6) is 0 Å². The van der Waals surface area contributed by atoms with Gasteiger partial charge in [-0.1, -0.05) is 0 Å². The fraction of sp³-hybridized carbons (Fsp3) is 0.214. The molecule has 0 saturated carbocycles. The Bertz CT molecular complexity index is 570. The number of carbonyl (C=O) groups is 1. The lowest BCUT2D eigenvalue weighted by molar-refractivity contribution is 0.103. The molecule has 0 unspecified atom stereocenters. The van der Waals surface area contributed by atoms with Crippen LogP contribution in [0.4, 0.5) is 11.4 Å². The van der Waals surface area contributed by atoms with Gasteiger partial charge in [-0.25, -0.2) is 0 Å². The number of rotatable bonds is 3. The summed E-state index contributed by atoms with van der Waals surface area (Å²) in [4.78, 5) is 14.8. The maximum atomic E-state index is 12.1. The van der Waals surface area contributed by atoms with E-state index in [1.165, 1.54) is 11.3 Å². The van der Waals surface area contributed by atoms with Gasteiger partial charge in [0, 0.05) is 25.5 Å². The van der Waals surface area contributed by atoms with E-state index in [9.17, 15) is 4.79 Å². The minimum absolute atomic E-state index is 0.0728. The predicted molar refractivity (Wildman–Crippen MR) is 85.5 cm³/mol. The number of nitrogens with zero attached hydrogens (tertiary/aromatic N) is 1. The summed E-state index contributed by atoms with van der Waals surface area (Å²) in [6.07, 6.45) is 0. The van der Waals surface area contributed by atoms with Crippen LogP contribution in [0.2, 0.25) is 0 Å². The Kier molecular flexibility index (Phi) is 4.27. The second kappa shape index (κ2) is 5.75. The first-order chi connectivity index (χ1) is 8.97. The van der Waals surface area contributed by atoms with Crippen molar-refractivity contribution in [3.8, 4) is 0 Å². The summed E-state index contributed by atoms with van der Waals surface area (Å²) in [6, 6.07) is 9.65. The van der Waals surface area contributed by atoms with Crippen LogP contribution >= 0.6 is 27.3 Å². The molecule has 2 aromatic rings. The van der Waals surface area contributed by atoms with E-state index in [0.717, 1.165) is 20.7 Å². The normalized spacial score (nSPS) is 10.3. The number of hydrogen-bond acceptors (Lipinski definition) is 3. The van der Waals surface area contributed by atoms with E-state index in [1.54, 1.807) is 0 Å². The minimum atomic E-state index is -0.0728. The molecule has 3 nitrogen and oxygen atoms in total. The molecule has 0 spiro atoms. The van der Waals surface area contributed by atoms with Crippen molar-refractivity contribution in [3.05, 3.63) is 44.6 Å². The largest absolute Gasteiger partial charge is 0.378 e. The maximum absolute atomic E-state index is 12.1. The number of nitrogens with one attached hydrogen (secondary N) is 1. The highest BCUT2D eigenvalue weighted by Crippen LogP contribution is 2.28. The minimum Gasteiger partial charge on any atom is -0.378 e. The second-order valence-corrected chi connectivity index (χ2v) is 6.83. The van der Waals surface area contributed by atoms with Crippen molar-refractivity contribution < 1.29 is 4.79 Å². The number of benzene rings is 1. The number of amides is 1. The molecule has 1 aromatic carbocycles. The number of thiophene rings is 1. The van der Waals surface area contributed by atoms with Crippen LogP contribution in [0.15, 0.2) is 34.1 Å². The van der Waals surface area contributed by atoms with Gasteiger partial charge < -0.3 is 10.2 Å². The fourth-order valence-corrected chi connectivity index (χ4v) is 3.04. The summed E-state index contributed by atoms with van der Waals surface area (Å²) >= 11 is 4.87. The van der Waals surface area contributed by atoms with Gasteiger partial charge in [0.05, 0.1) is 8.66 Å². The zero-order valence-electron chi connectivity index (χ0n) is 11.0. The van der Waals surface area contributed by atoms with Crippen LogP contribution in [0, 0.1) is 6.92 Å². The van der Waals surface area contributed by atoms with Gasteiger partial charge in [0.15, 0.2) is 0 Å². The van der Waals surface area contributed by atoms with E-state index in [4.69, 9.17) is 0 Å². The number of halogens is 1. The summed E-state index contributed by atoms with van der Waals surface area (Å²) in [6.45, 7) is 1.98. The maximum Gasteiger partial charge on any atom is 0.265 e. The third kappa shape index (κ3) is 3.36. The third-order valence-electron chi connectivity index (χ3n) is 2.72. The fourth-order valence-electron chi connectivity index (χ4n) is 1.61. The number of aryl methyl sites for hydroxylation is 1. The SMILES string of the molecule is Cc1cc(C(=O)Nc2ccc(N(C)C)cc2)sc1Br. The van der Waals surface area contributed by atoms with Crippen molar-refractivity contribution >= 4 is 44.5 Å². The van der Waals surface area contributed by atoms with Crippen LogP contribution in [-0.2, 0) is 0 Å². The molecule has 5 heteroatoms.